The van der Waals surface area contributed by atoms with Gasteiger partial charge in [-0.1, -0.05) is 44.2 Å². The maximum atomic E-state index is 10.1. The minimum atomic E-state index is -0.922. The highest BCUT2D eigenvalue weighted by Gasteiger charge is 1.85. The molecule has 13 heavy (non-hydrogen) atoms. The Morgan fingerprint density at radius 1 is 1.23 bits per heavy atom. The van der Waals surface area contributed by atoms with Crippen molar-refractivity contribution in [2.45, 2.75) is 13.8 Å². The van der Waals surface area contributed by atoms with Crippen molar-refractivity contribution in [2.75, 3.05) is 0 Å². The maximum Gasteiger partial charge on any atom is 0.328 e. The molecule has 0 aliphatic carbocycles. The van der Waals surface area contributed by atoms with Crippen molar-refractivity contribution in [2.24, 2.45) is 0 Å². The molecule has 70 valence electrons. The fourth-order valence-electron chi connectivity index (χ4n) is 0.732. The van der Waals surface area contributed by atoms with Crippen LogP contribution in [0.15, 0.2) is 36.4 Å². The van der Waals surface area contributed by atoms with Gasteiger partial charge in [0, 0.05) is 6.08 Å². The predicted octanol–water partition coefficient (Wildman–Crippen LogP) is 2.81. The molecule has 1 aromatic carbocycles. The van der Waals surface area contributed by atoms with Crippen molar-refractivity contribution in [3.63, 3.8) is 0 Å². The summed E-state index contributed by atoms with van der Waals surface area (Å²) in [6.45, 7) is 4.00. The molecule has 0 amide bonds. The van der Waals surface area contributed by atoms with Gasteiger partial charge in [-0.2, -0.15) is 0 Å². The molecule has 1 rings (SSSR count). The molecule has 0 spiro atoms. The smallest absolute Gasteiger partial charge is 0.328 e. The molecule has 0 aliphatic heterocycles. The Morgan fingerprint density at radius 2 is 1.77 bits per heavy atom. The van der Waals surface area contributed by atoms with Crippen molar-refractivity contribution in [1.29, 1.82) is 0 Å². The zero-order valence-corrected chi connectivity index (χ0v) is 7.90. The van der Waals surface area contributed by atoms with Crippen LogP contribution in [0.1, 0.15) is 19.4 Å². The molecular formula is C11H14O2. The third-order valence-corrected chi connectivity index (χ3v) is 1.22. The van der Waals surface area contributed by atoms with Crippen molar-refractivity contribution < 1.29 is 9.90 Å². The van der Waals surface area contributed by atoms with Crippen LogP contribution in [0.5, 0.6) is 0 Å². The molecule has 2 nitrogen and oxygen atoms in total. The van der Waals surface area contributed by atoms with E-state index in [2.05, 4.69) is 0 Å². The standard InChI is InChI=1S/C9H8O2.C2H6/c10-9(11)7-6-8-4-2-1-3-5-8;1-2/h1-7H,(H,10,11);1-2H3. The summed E-state index contributed by atoms with van der Waals surface area (Å²) in [5, 5.41) is 8.29. The van der Waals surface area contributed by atoms with Gasteiger partial charge in [0.2, 0.25) is 0 Å². The van der Waals surface area contributed by atoms with Crippen LogP contribution in [0.25, 0.3) is 6.08 Å². The van der Waals surface area contributed by atoms with Crippen LogP contribution in [0.4, 0.5) is 0 Å². The summed E-state index contributed by atoms with van der Waals surface area (Å²) in [5.74, 6) is -0.922. The Hall–Kier alpha value is -1.57. The second-order valence-electron chi connectivity index (χ2n) is 2.08. The lowest BCUT2D eigenvalue weighted by atomic mass is 10.2. The lowest BCUT2D eigenvalue weighted by molar-refractivity contribution is -0.131. The Kier molecular flexibility index (Phi) is 6.24. The molecule has 0 aliphatic rings. The highest BCUT2D eigenvalue weighted by molar-refractivity contribution is 5.85. The van der Waals surface area contributed by atoms with Crippen LogP contribution in [0, 0.1) is 0 Å². The monoisotopic (exact) mass is 178 g/mol. The van der Waals surface area contributed by atoms with E-state index >= 15 is 0 Å². The molecule has 0 saturated carbocycles. The first-order valence-electron chi connectivity index (χ1n) is 4.25. The van der Waals surface area contributed by atoms with Gasteiger partial charge in [-0.15, -0.1) is 0 Å². The van der Waals surface area contributed by atoms with E-state index in [-0.39, 0.29) is 0 Å². The number of carbonyl (C=O) groups is 1. The van der Waals surface area contributed by atoms with E-state index in [4.69, 9.17) is 5.11 Å². The normalized spacial score (nSPS) is 9.08. The van der Waals surface area contributed by atoms with Crippen LogP contribution < -0.4 is 0 Å². The van der Waals surface area contributed by atoms with Crippen molar-refractivity contribution >= 4 is 12.0 Å². The van der Waals surface area contributed by atoms with E-state index in [1.165, 1.54) is 0 Å². The molecule has 0 aromatic heterocycles. The fourth-order valence-corrected chi connectivity index (χ4v) is 0.732. The Balaban J connectivity index is 0.000000671. The third-order valence-electron chi connectivity index (χ3n) is 1.22. The van der Waals surface area contributed by atoms with E-state index < -0.39 is 5.97 Å². The molecule has 0 bridgehead atoms. The quantitative estimate of drug-likeness (QED) is 0.707. The van der Waals surface area contributed by atoms with Crippen LogP contribution in [0.2, 0.25) is 0 Å². The number of carboxylic acid groups (broad SMARTS) is 1. The highest BCUT2D eigenvalue weighted by atomic mass is 16.4. The van der Waals surface area contributed by atoms with Crippen LogP contribution in [-0.2, 0) is 4.79 Å². The molecule has 0 heterocycles. The van der Waals surface area contributed by atoms with Gasteiger partial charge in [0.25, 0.3) is 0 Å². The molecule has 0 unspecified atom stereocenters. The molecule has 0 fully saturated rings. The predicted molar refractivity (Wildman–Crippen MR) is 54.5 cm³/mol. The molecule has 0 atom stereocenters. The molecule has 1 N–H and O–H groups in total. The molecule has 1 aromatic rings. The van der Waals surface area contributed by atoms with Crippen LogP contribution in [0.3, 0.4) is 0 Å². The van der Waals surface area contributed by atoms with Crippen molar-refractivity contribution in [3.05, 3.63) is 42.0 Å². The summed E-state index contributed by atoms with van der Waals surface area (Å²) in [5.41, 5.74) is 0.898. The lowest BCUT2D eigenvalue weighted by Gasteiger charge is -1.87. The first-order chi connectivity index (χ1) is 6.29. The second kappa shape index (κ2) is 7.10. The van der Waals surface area contributed by atoms with Gasteiger partial charge in [0.1, 0.15) is 0 Å². The lowest BCUT2D eigenvalue weighted by Crippen LogP contribution is -1.85. The first kappa shape index (κ1) is 11.4. The SMILES string of the molecule is CC.O=C(O)C=Cc1ccccc1. The summed E-state index contributed by atoms with van der Waals surface area (Å²) in [6, 6.07) is 9.31. The maximum absolute atomic E-state index is 10.1. The van der Waals surface area contributed by atoms with E-state index in [9.17, 15) is 4.79 Å². The number of rotatable bonds is 2. The van der Waals surface area contributed by atoms with E-state index in [1.807, 2.05) is 44.2 Å². The average Bonchev–Trinajstić information content (AvgIpc) is 2.19. The van der Waals surface area contributed by atoms with Crippen molar-refractivity contribution in [3.8, 4) is 0 Å². The summed E-state index contributed by atoms with van der Waals surface area (Å²) in [7, 11) is 0. The van der Waals surface area contributed by atoms with Gasteiger partial charge in [-0.25, -0.2) is 4.79 Å². The van der Waals surface area contributed by atoms with E-state index in [0.717, 1.165) is 11.6 Å². The van der Waals surface area contributed by atoms with Crippen LogP contribution in [-0.4, -0.2) is 11.1 Å². The largest absolute Gasteiger partial charge is 0.478 e. The molecule has 0 saturated heterocycles. The zero-order valence-electron chi connectivity index (χ0n) is 7.90. The number of hydrogen-bond donors (Lipinski definition) is 1. The van der Waals surface area contributed by atoms with Gasteiger partial charge < -0.3 is 5.11 Å². The van der Waals surface area contributed by atoms with E-state index in [1.54, 1.807) is 6.08 Å². The van der Waals surface area contributed by atoms with Crippen LogP contribution >= 0.6 is 0 Å². The number of carboxylic acids is 1. The van der Waals surface area contributed by atoms with Gasteiger partial charge in [0.05, 0.1) is 0 Å². The summed E-state index contributed by atoms with van der Waals surface area (Å²) in [4.78, 5) is 10.1. The fraction of sp³-hybridized carbons (Fsp3) is 0.182. The zero-order chi connectivity index (χ0) is 10.1. The molecule has 0 radical (unpaired) electrons. The first-order valence-corrected chi connectivity index (χ1v) is 4.25. The minimum Gasteiger partial charge on any atom is -0.478 e. The van der Waals surface area contributed by atoms with Gasteiger partial charge in [0.15, 0.2) is 0 Å². The average molecular weight is 178 g/mol. The van der Waals surface area contributed by atoms with E-state index in [0.29, 0.717) is 0 Å². The second-order valence-corrected chi connectivity index (χ2v) is 2.08. The summed E-state index contributed by atoms with van der Waals surface area (Å²) >= 11 is 0. The topological polar surface area (TPSA) is 37.3 Å². The van der Waals surface area contributed by atoms with Gasteiger partial charge in [-0.05, 0) is 11.6 Å². The Bertz CT molecular complexity index is 263. The van der Waals surface area contributed by atoms with Gasteiger partial charge in [-0.3, -0.25) is 0 Å². The number of hydrogen-bond acceptors (Lipinski definition) is 1. The van der Waals surface area contributed by atoms with Gasteiger partial charge >= 0.3 is 5.97 Å². The summed E-state index contributed by atoms with van der Waals surface area (Å²) in [6.07, 6.45) is 2.68. The molecule has 2 heteroatoms. The third kappa shape index (κ3) is 5.67. The summed E-state index contributed by atoms with van der Waals surface area (Å²) < 4.78 is 0. The molecular weight excluding hydrogens is 164 g/mol. The number of aliphatic carboxylic acids is 1. The Labute approximate surface area is 78.5 Å². The highest BCUT2D eigenvalue weighted by Crippen LogP contribution is 1.99. The van der Waals surface area contributed by atoms with Crippen molar-refractivity contribution in [1.82, 2.24) is 0 Å². The Morgan fingerprint density at radius 3 is 2.23 bits per heavy atom. The minimum absolute atomic E-state index is 0.898. The number of benzene rings is 1.